The molecule has 1 N–H and O–H groups in total. The molecule has 2 heterocycles. The van der Waals surface area contributed by atoms with Crippen molar-refractivity contribution in [1.29, 1.82) is 0 Å². The molecule has 2 aromatic heterocycles. The third-order valence-corrected chi connectivity index (χ3v) is 9.56. The predicted octanol–water partition coefficient (Wildman–Crippen LogP) is 13.5. The number of hydrogen-bond acceptors (Lipinski definition) is 0. The van der Waals surface area contributed by atoms with E-state index < -0.39 is 0 Å². The van der Waals surface area contributed by atoms with E-state index in [0.717, 1.165) is 0 Å². The second-order valence-electron chi connectivity index (χ2n) is 12.1. The molecule has 0 spiro atoms. The second-order valence-corrected chi connectivity index (χ2v) is 12.1. The number of hydrogen-bond donors (Lipinski definition) is 1. The van der Waals surface area contributed by atoms with Gasteiger partial charge in [-0.1, -0.05) is 117 Å². The van der Waals surface area contributed by atoms with Gasteiger partial charge in [0.1, 0.15) is 0 Å². The van der Waals surface area contributed by atoms with Crippen LogP contribution in [-0.4, -0.2) is 9.55 Å². The third-order valence-electron chi connectivity index (χ3n) is 9.56. The molecule has 7 aromatic carbocycles. The smallest absolute Gasteiger partial charge is 0.0541 e. The highest BCUT2D eigenvalue weighted by Gasteiger charge is 2.15. The highest BCUT2D eigenvalue weighted by molar-refractivity contribution is 6.23. The fourth-order valence-corrected chi connectivity index (χ4v) is 7.45. The first-order valence-electron chi connectivity index (χ1n) is 17.0. The van der Waals surface area contributed by atoms with E-state index >= 15 is 0 Å². The molecule has 9 rings (SSSR count). The van der Waals surface area contributed by atoms with Crippen LogP contribution in [0.1, 0.15) is 27.7 Å². The van der Waals surface area contributed by atoms with E-state index in [1.165, 1.54) is 93.1 Å². The van der Waals surface area contributed by atoms with Gasteiger partial charge in [0, 0.05) is 38.3 Å². The molecule has 0 amide bonds. The number of allylic oxidation sites excluding steroid dienone is 4. The molecule has 0 saturated carbocycles. The van der Waals surface area contributed by atoms with E-state index in [2.05, 4.69) is 175 Å². The Balaban J connectivity index is 0.00000165. The number of nitrogens with zero attached hydrogens (tertiary/aromatic N) is 1. The number of nitrogens with one attached hydrogen (secondary N) is 1. The fraction of sp³-hybridized carbons (Fsp3) is 0.0870. The maximum atomic E-state index is 3.68. The molecule has 0 fully saturated rings. The summed E-state index contributed by atoms with van der Waals surface area (Å²) in [5, 5.41) is 10.1. The molecule has 9 aromatic rings. The number of rotatable bonds is 4. The van der Waals surface area contributed by atoms with Gasteiger partial charge in [0.2, 0.25) is 0 Å². The van der Waals surface area contributed by atoms with Crippen LogP contribution in [-0.2, 0) is 0 Å². The van der Waals surface area contributed by atoms with Crippen LogP contribution in [0.2, 0.25) is 0 Å². The average molecular weight is 619 g/mol. The lowest BCUT2D eigenvalue weighted by molar-refractivity contribution is 1.23. The van der Waals surface area contributed by atoms with Crippen LogP contribution >= 0.6 is 0 Å². The highest BCUT2D eigenvalue weighted by atomic mass is 15.0. The summed E-state index contributed by atoms with van der Waals surface area (Å²) < 4.78 is 2.37. The normalized spacial score (nSPS) is 12.2. The first-order chi connectivity index (χ1) is 23.7. The second kappa shape index (κ2) is 12.1. The highest BCUT2D eigenvalue weighted by Crippen LogP contribution is 2.40. The summed E-state index contributed by atoms with van der Waals surface area (Å²) >= 11 is 0. The maximum Gasteiger partial charge on any atom is 0.0541 e. The summed E-state index contributed by atoms with van der Waals surface area (Å²) in [6, 6.07) is 49.1. The van der Waals surface area contributed by atoms with Gasteiger partial charge in [-0.05, 0) is 106 Å². The van der Waals surface area contributed by atoms with Gasteiger partial charge in [-0.15, -0.1) is 0 Å². The van der Waals surface area contributed by atoms with Gasteiger partial charge in [0.25, 0.3) is 0 Å². The summed E-state index contributed by atoms with van der Waals surface area (Å²) in [7, 11) is 0. The number of para-hydroxylation sites is 2. The van der Waals surface area contributed by atoms with Crippen molar-refractivity contribution in [1.82, 2.24) is 9.55 Å². The van der Waals surface area contributed by atoms with E-state index in [1.807, 2.05) is 13.8 Å². The molecular formula is C46H38N2. The van der Waals surface area contributed by atoms with Gasteiger partial charge in [-0.2, -0.15) is 0 Å². The number of aromatic nitrogens is 2. The Morgan fingerprint density at radius 2 is 1.12 bits per heavy atom. The molecule has 0 aliphatic heterocycles. The van der Waals surface area contributed by atoms with Crippen LogP contribution in [0.4, 0.5) is 0 Å². The molecule has 0 aliphatic carbocycles. The standard InChI is InChI=1S/C44H32N2.C2H6/c1-3-11-33(4-2)46-42-17-10-8-13-35(42)39-26-31(22-23-43(39)46)29-18-19-30-25-32(21-20-28(30)24-29)38-27-41-44(36-14-6-5-12-34(36)38)37-15-7-9-16-40(37)45-41;1-2/h3-27,45H,1-2H3;1-2H3/b11-3-,33-4+;. The Hall–Kier alpha value is -5.86. The minimum atomic E-state index is 1.17. The molecule has 0 bridgehead atoms. The maximum absolute atomic E-state index is 3.68. The zero-order chi connectivity index (χ0) is 32.8. The van der Waals surface area contributed by atoms with Crippen molar-refractivity contribution in [3.05, 3.63) is 152 Å². The molecular weight excluding hydrogens is 581 g/mol. The molecule has 2 nitrogen and oxygen atoms in total. The quantitative estimate of drug-likeness (QED) is 0.189. The molecule has 48 heavy (non-hydrogen) atoms. The van der Waals surface area contributed by atoms with Crippen molar-refractivity contribution >= 4 is 70.9 Å². The minimum Gasteiger partial charge on any atom is -0.354 e. The summed E-state index contributed by atoms with van der Waals surface area (Å²) in [6.07, 6.45) is 6.46. The van der Waals surface area contributed by atoms with Gasteiger partial charge in [-0.3, -0.25) is 0 Å². The number of benzene rings is 7. The van der Waals surface area contributed by atoms with Crippen molar-refractivity contribution in [3.63, 3.8) is 0 Å². The number of fused-ring (bicyclic) bond motifs is 9. The topological polar surface area (TPSA) is 20.7 Å². The van der Waals surface area contributed by atoms with Gasteiger partial charge >= 0.3 is 0 Å². The summed E-state index contributed by atoms with van der Waals surface area (Å²) in [5.41, 5.74) is 10.9. The van der Waals surface area contributed by atoms with E-state index in [9.17, 15) is 0 Å². The Morgan fingerprint density at radius 3 is 1.90 bits per heavy atom. The Labute approximate surface area is 281 Å². The van der Waals surface area contributed by atoms with Gasteiger partial charge in [0.15, 0.2) is 0 Å². The van der Waals surface area contributed by atoms with Crippen molar-refractivity contribution in [3.8, 4) is 22.3 Å². The van der Waals surface area contributed by atoms with E-state index in [-0.39, 0.29) is 0 Å². The van der Waals surface area contributed by atoms with E-state index in [4.69, 9.17) is 0 Å². The largest absolute Gasteiger partial charge is 0.354 e. The zero-order valence-electron chi connectivity index (χ0n) is 27.9. The van der Waals surface area contributed by atoms with Crippen LogP contribution < -0.4 is 0 Å². The lowest BCUT2D eigenvalue weighted by atomic mass is 9.93. The summed E-state index contributed by atoms with van der Waals surface area (Å²) in [5.74, 6) is 0. The zero-order valence-corrected chi connectivity index (χ0v) is 27.9. The van der Waals surface area contributed by atoms with Crippen molar-refractivity contribution in [2.45, 2.75) is 27.7 Å². The average Bonchev–Trinajstić information content (AvgIpc) is 3.69. The SMILES string of the molecule is C/C=C\C(=C/C)n1c2ccccc2c2cc(-c3ccc4cc(-c5cc6[nH]c7ccccc7c6c6ccccc56)ccc4c3)ccc21.CC. The molecule has 232 valence electrons. The number of aromatic amines is 1. The Kier molecular flexibility index (Phi) is 7.42. The summed E-state index contributed by atoms with van der Waals surface area (Å²) in [4.78, 5) is 3.68. The Morgan fingerprint density at radius 1 is 0.521 bits per heavy atom. The molecule has 0 atom stereocenters. The monoisotopic (exact) mass is 618 g/mol. The van der Waals surface area contributed by atoms with E-state index in [1.54, 1.807) is 0 Å². The predicted molar refractivity (Wildman–Crippen MR) is 211 cm³/mol. The molecule has 2 heteroatoms. The number of H-pyrrole nitrogens is 1. The molecule has 0 saturated heterocycles. The van der Waals surface area contributed by atoms with Gasteiger partial charge < -0.3 is 9.55 Å². The third kappa shape index (κ3) is 4.64. The van der Waals surface area contributed by atoms with Crippen molar-refractivity contribution in [2.75, 3.05) is 0 Å². The molecule has 0 radical (unpaired) electrons. The lowest BCUT2D eigenvalue weighted by Gasteiger charge is -2.11. The van der Waals surface area contributed by atoms with Crippen LogP contribution in [0.25, 0.3) is 93.1 Å². The van der Waals surface area contributed by atoms with Crippen LogP contribution in [0.5, 0.6) is 0 Å². The van der Waals surface area contributed by atoms with Crippen LogP contribution in [0.3, 0.4) is 0 Å². The lowest BCUT2D eigenvalue weighted by Crippen LogP contribution is -1.94. The van der Waals surface area contributed by atoms with Crippen molar-refractivity contribution in [2.24, 2.45) is 0 Å². The molecule has 0 aliphatic rings. The fourth-order valence-electron chi connectivity index (χ4n) is 7.45. The van der Waals surface area contributed by atoms with E-state index in [0.29, 0.717) is 0 Å². The van der Waals surface area contributed by atoms with Crippen molar-refractivity contribution < 1.29 is 0 Å². The Bertz CT molecular complexity index is 2710. The van der Waals surface area contributed by atoms with Gasteiger partial charge in [-0.25, -0.2) is 0 Å². The van der Waals surface area contributed by atoms with Crippen LogP contribution in [0, 0.1) is 0 Å². The first kappa shape index (κ1) is 29.5. The van der Waals surface area contributed by atoms with Crippen LogP contribution in [0.15, 0.2) is 152 Å². The minimum absolute atomic E-state index is 1.17. The first-order valence-corrected chi connectivity index (χ1v) is 17.0. The molecule has 0 unspecified atom stereocenters. The summed E-state index contributed by atoms with van der Waals surface area (Å²) in [6.45, 7) is 8.18. The van der Waals surface area contributed by atoms with Gasteiger partial charge in [0.05, 0.1) is 11.0 Å².